The Kier molecular flexibility index (Phi) is 12.6. The third kappa shape index (κ3) is 10.2. The molecule has 0 atom stereocenters. The summed E-state index contributed by atoms with van der Waals surface area (Å²) in [7, 11) is 5.55. The summed E-state index contributed by atoms with van der Waals surface area (Å²) in [6.07, 6.45) is 4.21. The van der Waals surface area contributed by atoms with Crippen molar-refractivity contribution in [3.63, 3.8) is 0 Å². The molecule has 0 fully saturated rings. The van der Waals surface area contributed by atoms with E-state index in [-0.39, 0.29) is 25.8 Å². The van der Waals surface area contributed by atoms with Crippen molar-refractivity contribution in [3.8, 4) is 5.75 Å². The van der Waals surface area contributed by atoms with E-state index in [0.29, 0.717) is 12.0 Å². The third-order valence-electron chi connectivity index (χ3n) is 1.91. The Hall–Kier alpha value is -0.271. The van der Waals surface area contributed by atoms with Crippen molar-refractivity contribution in [2.45, 2.75) is 24.2 Å². The van der Waals surface area contributed by atoms with Crippen LogP contribution in [0.1, 0.15) is 25.3 Å². The normalized spacial score (nSPS) is 10.3. The molecule has 0 aromatic heterocycles. The average Bonchev–Trinajstić information content (AvgIpc) is 2.41. The summed E-state index contributed by atoms with van der Waals surface area (Å²) in [6, 6.07) is 4.65. The molecule has 0 aliphatic carbocycles. The van der Waals surface area contributed by atoms with Gasteiger partial charge in [0.05, 0.1) is 6.21 Å². The number of halogens is 2. The van der Waals surface area contributed by atoms with Crippen LogP contribution in [0.2, 0.25) is 4.44 Å². The SMILES string of the molecule is CCC[CH2][Sn+2][Cl].[O-]/C=N\N=C\c1cc(Br)ccc1[O-]. The van der Waals surface area contributed by atoms with E-state index in [1.165, 1.54) is 29.6 Å². The second-order valence-electron chi connectivity index (χ2n) is 3.38. The summed E-state index contributed by atoms with van der Waals surface area (Å²) in [5.74, 6) is -0.159. The fourth-order valence-electron chi connectivity index (χ4n) is 0.987. The van der Waals surface area contributed by atoms with Crippen LogP contribution in [-0.4, -0.2) is 32.6 Å². The summed E-state index contributed by atoms with van der Waals surface area (Å²) in [4.78, 5) is 0. The third-order valence-corrected chi connectivity index (χ3v) is 5.22. The van der Waals surface area contributed by atoms with Gasteiger partial charge >= 0.3 is 53.1 Å². The quantitative estimate of drug-likeness (QED) is 0.226. The Morgan fingerprint density at radius 3 is 2.68 bits per heavy atom. The standard InChI is InChI=1S/C8H7BrN2O2.C4H9.ClH.Sn/c9-7-1-2-8(13)6(3-7)4-10-11-5-12;1-3-4-2;;/h1-5,13H,(H,11,12);1,3-4H2,2H3;1H;/q;;;+3/p-3/b10-4+;;;. The van der Waals surface area contributed by atoms with Crippen molar-refractivity contribution < 1.29 is 10.2 Å². The molecule has 0 saturated heterocycles. The largest absolute Gasteiger partial charge is 0.872 e. The molecular formula is C12H14BrClN2O2Sn. The van der Waals surface area contributed by atoms with E-state index in [9.17, 15) is 10.2 Å². The molecule has 0 amide bonds. The fourth-order valence-corrected chi connectivity index (χ4v) is 3.65. The van der Waals surface area contributed by atoms with Gasteiger partial charge in [-0.15, -0.1) is 0 Å². The number of hydrogen-bond acceptors (Lipinski definition) is 4. The molecular weight excluding hydrogens is 438 g/mol. The second-order valence-corrected chi connectivity index (χ2v) is 8.28. The number of hydrogen-bond donors (Lipinski definition) is 0. The molecule has 102 valence electrons. The van der Waals surface area contributed by atoms with E-state index in [2.05, 4.69) is 33.1 Å². The maximum Gasteiger partial charge on any atom is 0.0561 e. The molecule has 19 heavy (non-hydrogen) atoms. The number of rotatable bonds is 5. The van der Waals surface area contributed by atoms with Gasteiger partial charge in [-0.3, -0.25) is 0 Å². The molecule has 1 aromatic carbocycles. The van der Waals surface area contributed by atoms with Gasteiger partial charge in [0.1, 0.15) is 0 Å². The summed E-state index contributed by atoms with van der Waals surface area (Å²) in [6.45, 7) is 2.20. The number of unbranched alkanes of at least 4 members (excludes halogenated alkanes) is 1. The number of nitrogens with zero attached hydrogens (tertiary/aromatic N) is 2. The first-order chi connectivity index (χ1) is 9.15. The van der Waals surface area contributed by atoms with Crippen molar-refractivity contribution in [2.24, 2.45) is 10.2 Å². The first-order valence-corrected chi connectivity index (χ1v) is 12.0. The van der Waals surface area contributed by atoms with E-state index in [1.807, 2.05) is 0 Å². The van der Waals surface area contributed by atoms with Gasteiger partial charge in [0, 0.05) is 4.47 Å². The van der Waals surface area contributed by atoms with E-state index in [0.717, 1.165) is 4.47 Å². The van der Waals surface area contributed by atoms with Crippen molar-refractivity contribution >= 4 is 57.5 Å². The van der Waals surface area contributed by atoms with Crippen LogP contribution in [0.15, 0.2) is 32.9 Å². The summed E-state index contributed by atoms with van der Waals surface area (Å²) in [5.41, 5.74) is 0.389. The van der Waals surface area contributed by atoms with Crippen LogP contribution in [0.25, 0.3) is 0 Å². The zero-order valence-electron chi connectivity index (χ0n) is 10.5. The molecule has 7 heteroatoms. The van der Waals surface area contributed by atoms with Crippen LogP contribution < -0.4 is 10.2 Å². The maximum atomic E-state index is 11.1. The molecule has 0 radical (unpaired) electrons. The van der Waals surface area contributed by atoms with Crippen LogP contribution in [-0.2, 0) is 0 Å². The monoisotopic (exact) mass is 452 g/mol. The first-order valence-electron chi connectivity index (χ1n) is 5.62. The van der Waals surface area contributed by atoms with Gasteiger partial charge in [-0.1, -0.05) is 27.7 Å². The molecule has 0 heterocycles. The van der Waals surface area contributed by atoms with Crippen molar-refractivity contribution in [3.05, 3.63) is 28.2 Å². The Morgan fingerprint density at radius 1 is 1.42 bits per heavy atom. The van der Waals surface area contributed by atoms with Gasteiger partial charge in [-0.05, 0) is 24.1 Å². The van der Waals surface area contributed by atoms with E-state index < -0.39 is 0 Å². The molecule has 1 rings (SSSR count). The van der Waals surface area contributed by atoms with Crippen LogP contribution in [0, 0.1) is 0 Å². The predicted molar refractivity (Wildman–Crippen MR) is 81.0 cm³/mol. The van der Waals surface area contributed by atoms with Gasteiger partial charge in [-0.2, -0.15) is 10.2 Å². The molecule has 0 N–H and O–H groups in total. The summed E-state index contributed by atoms with van der Waals surface area (Å²) >= 11 is 2.87. The van der Waals surface area contributed by atoms with Gasteiger partial charge in [0.2, 0.25) is 0 Å². The van der Waals surface area contributed by atoms with Crippen LogP contribution in [0.3, 0.4) is 0 Å². The van der Waals surface area contributed by atoms with Gasteiger partial charge < -0.3 is 10.2 Å². The minimum atomic E-state index is -0.338. The minimum Gasteiger partial charge on any atom is -0.872 e. The summed E-state index contributed by atoms with van der Waals surface area (Å²) < 4.78 is 2.13. The topological polar surface area (TPSA) is 70.8 Å². The Morgan fingerprint density at radius 2 is 2.16 bits per heavy atom. The Balaban J connectivity index is 0.000000459. The maximum absolute atomic E-state index is 11.1. The average molecular weight is 452 g/mol. The second kappa shape index (κ2) is 12.7. The van der Waals surface area contributed by atoms with E-state index in [4.69, 9.17) is 8.92 Å². The zero-order valence-corrected chi connectivity index (χ0v) is 15.7. The number of benzene rings is 1. The molecule has 4 nitrogen and oxygen atoms in total. The minimum absolute atomic E-state index is 0.159. The first kappa shape index (κ1) is 18.7. The van der Waals surface area contributed by atoms with Gasteiger partial charge in [-0.25, -0.2) is 0 Å². The van der Waals surface area contributed by atoms with Crippen molar-refractivity contribution in [1.82, 2.24) is 0 Å². The van der Waals surface area contributed by atoms with Gasteiger partial charge in [0.15, 0.2) is 0 Å². The Bertz CT molecular complexity index is 413. The molecule has 0 saturated carbocycles. The van der Waals surface area contributed by atoms with Crippen molar-refractivity contribution in [1.29, 1.82) is 0 Å². The Labute approximate surface area is 135 Å². The predicted octanol–water partition coefficient (Wildman–Crippen LogP) is 2.31. The molecule has 0 spiro atoms. The van der Waals surface area contributed by atoms with Crippen LogP contribution in [0.5, 0.6) is 5.75 Å². The molecule has 0 unspecified atom stereocenters. The molecule has 0 aliphatic rings. The van der Waals surface area contributed by atoms with Crippen LogP contribution in [0.4, 0.5) is 0 Å². The summed E-state index contributed by atoms with van der Waals surface area (Å²) in [5, 5.41) is 27.3. The van der Waals surface area contributed by atoms with Gasteiger partial charge in [0.25, 0.3) is 0 Å². The van der Waals surface area contributed by atoms with E-state index in [1.54, 1.807) is 12.1 Å². The van der Waals surface area contributed by atoms with E-state index >= 15 is 0 Å². The molecule has 1 aromatic rings. The molecule has 0 bridgehead atoms. The molecule has 0 aliphatic heterocycles. The fraction of sp³-hybridized carbons (Fsp3) is 0.333. The van der Waals surface area contributed by atoms with Crippen LogP contribution >= 0.6 is 24.9 Å². The zero-order chi connectivity index (χ0) is 14.5. The smallest absolute Gasteiger partial charge is 0.0561 e. The van der Waals surface area contributed by atoms with Crippen molar-refractivity contribution in [2.75, 3.05) is 0 Å².